The zero-order chi connectivity index (χ0) is 23.9. The number of anilines is 1. The number of aromatic nitrogens is 2. The van der Waals surface area contributed by atoms with Crippen molar-refractivity contribution in [1.82, 2.24) is 9.97 Å². The summed E-state index contributed by atoms with van der Waals surface area (Å²) in [5.41, 5.74) is 1.75. The van der Waals surface area contributed by atoms with Crippen LogP contribution in [0.4, 0.5) is 10.2 Å². The minimum atomic E-state index is -0.653. The van der Waals surface area contributed by atoms with Gasteiger partial charge in [0.1, 0.15) is 22.2 Å². The van der Waals surface area contributed by atoms with E-state index in [1.54, 1.807) is 26.8 Å². The van der Waals surface area contributed by atoms with Gasteiger partial charge in [0.15, 0.2) is 5.75 Å². The number of amides is 1. The van der Waals surface area contributed by atoms with Crippen LogP contribution in [-0.4, -0.2) is 21.8 Å². The Morgan fingerprint density at radius 2 is 1.85 bits per heavy atom. The topological polar surface area (TPSA) is 81.2 Å². The van der Waals surface area contributed by atoms with Crippen molar-refractivity contribution >= 4 is 62.3 Å². The molecule has 0 saturated heterocycles. The van der Waals surface area contributed by atoms with Crippen LogP contribution >= 0.6 is 34.5 Å². The van der Waals surface area contributed by atoms with E-state index in [9.17, 15) is 14.0 Å². The van der Waals surface area contributed by atoms with E-state index in [1.807, 2.05) is 0 Å². The third kappa shape index (κ3) is 4.55. The van der Waals surface area contributed by atoms with Crippen LogP contribution in [-0.2, 0) is 0 Å². The molecule has 3 heterocycles. The third-order valence-electron chi connectivity index (χ3n) is 5.03. The fourth-order valence-corrected chi connectivity index (χ4v) is 4.73. The Kier molecular flexibility index (Phi) is 6.34. The second-order valence-electron chi connectivity index (χ2n) is 7.22. The monoisotopic (exact) mass is 503 g/mol. The summed E-state index contributed by atoms with van der Waals surface area (Å²) in [5, 5.41) is 4.01. The average Bonchev–Trinajstić information content (AvgIpc) is 3.10. The van der Waals surface area contributed by atoms with Gasteiger partial charge in [-0.15, -0.1) is 11.3 Å². The molecule has 3 aromatic heterocycles. The number of carbonyl (C=O) groups excluding carboxylic acids is 2. The molecule has 0 atom stereocenters. The number of benzene rings is 1. The maximum atomic E-state index is 13.5. The molecule has 0 spiro atoms. The first kappa shape index (κ1) is 23.1. The highest BCUT2D eigenvalue weighted by molar-refractivity contribution is 7.21. The Labute approximate surface area is 202 Å². The molecule has 0 fully saturated rings. The van der Waals surface area contributed by atoms with E-state index >= 15 is 0 Å². The lowest BCUT2D eigenvalue weighted by Crippen LogP contribution is -2.16. The van der Waals surface area contributed by atoms with Crippen LogP contribution in [0.2, 0.25) is 10.0 Å². The molecule has 1 N–H and O–H groups in total. The molecule has 1 amide bonds. The number of nitrogens with zero attached hydrogens (tertiary/aromatic N) is 2. The highest BCUT2D eigenvalue weighted by atomic mass is 35.5. The smallest absolute Gasteiger partial charge is 0.362 e. The first-order chi connectivity index (χ1) is 15.7. The van der Waals surface area contributed by atoms with Crippen molar-refractivity contribution in [3.8, 4) is 5.75 Å². The predicted octanol–water partition coefficient (Wildman–Crippen LogP) is 6.53. The molecule has 4 aromatic rings. The normalized spacial score (nSPS) is 11.0. The molecule has 0 aliphatic rings. The van der Waals surface area contributed by atoms with Crippen molar-refractivity contribution in [2.45, 2.75) is 20.8 Å². The molecule has 1 aromatic carbocycles. The van der Waals surface area contributed by atoms with Crippen LogP contribution in [0.5, 0.6) is 5.75 Å². The lowest BCUT2D eigenvalue weighted by molar-refractivity contribution is 0.0725. The number of rotatable bonds is 4. The van der Waals surface area contributed by atoms with E-state index in [2.05, 4.69) is 15.3 Å². The SMILES string of the molecule is Cc1nc(NC(=O)c2sc3cc(F)ccc3c2Cl)c(C)c(C)c1OC(=O)c1ccc(Cl)cn1. The molecule has 0 aliphatic carbocycles. The summed E-state index contributed by atoms with van der Waals surface area (Å²) < 4.78 is 19.6. The lowest BCUT2D eigenvalue weighted by Gasteiger charge is -2.15. The number of fused-ring (bicyclic) bond motifs is 1. The fourth-order valence-electron chi connectivity index (χ4n) is 3.18. The number of pyridine rings is 2. The van der Waals surface area contributed by atoms with Crippen molar-refractivity contribution in [1.29, 1.82) is 0 Å². The molecular formula is C23H16Cl2FN3O3S. The summed E-state index contributed by atoms with van der Waals surface area (Å²) in [7, 11) is 0. The van der Waals surface area contributed by atoms with Crippen molar-refractivity contribution in [3.05, 3.63) is 79.8 Å². The van der Waals surface area contributed by atoms with Crippen LogP contribution in [0.1, 0.15) is 37.0 Å². The second-order valence-corrected chi connectivity index (χ2v) is 9.08. The number of ether oxygens (including phenoxy) is 1. The Hall–Kier alpha value is -3.07. The minimum absolute atomic E-state index is 0.101. The second kappa shape index (κ2) is 9.05. The van der Waals surface area contributed by atoms with Crippen LogP contribution in [0, 0.1) is 26.6 Å². The van der Waals surface area contributed by atoms with Gasteiger partial charge in [-0.25, -0.2) is 19.2 Å². The molecule has 6 nitrogen and oxygen atoms in total. The minimum Gasteiger partial charge on any atom is -0.420 e. The van der Waals surface area contributed by atoms with Gasteiger partial charge in [0.05, 0.1) is 15.7 Å². The highest BCUT2D eigenvalue weighted by Crippen LogP contribution is 2.37. The number of carbonyl (C=O) groups is 2. The van der Waals surface area contributed by atoms with Gasteiger partial charge in [-0.1, -0.05) is 23.2 Å². The summed E-state index contributed by atoms with van der Waals surface area (Å²) in [6, 6.07) is 7.17. The molecule has 33 heavy (non-hydrogen) atoms. The van der Waals surface area contributed by atoms with Gasteiger partial charge in [0.2, 0.25) is 0 Å². The Balaban J connectivity index is 1.61. The van der Waals surface area contributed by atoms with Crippen molar-refractivity contribution in [2.75, 3.05) is 5.32 Å². The number of hydrogen-bond donors (Lipinski definition) is 1. The lowest BCUT2D eigenvalue weighted by atomic mass is 10.1. The Morgan fingerprint density at radius 1 is 1.09 bits per heavy atom. The number of esters is 1. The van der Waals surface area contributed by atoms with Gasteiger partial charge in [-0.05, 0) is 56.7 Å². The molecule has 0 radical (unpaired) electrons. The summed E-state index contributed by atoms with van der Waals surface area (Å²) in [4.78, 5) is 34.0. The Bertz CT molecular complexity index is 1420. The van der Waals surface area contributed by atoms with Gasteiger partial charge in [0, 0.05) is 21.8 Å². The first-order valence-corrected chi connectivity index (χ1v) is 11.2. The zero-order valence-electron chi connectivity index (χ0n) is 17.6. The van der Waals surface area contributed by atoms with E-state index in [1.165, 1.54) is 30.5 Å². The Morgan fingerprint density at radius 3 is 2.55 bits per heavy atom. The summed E-state index contributed by atoms with van der Waals surface area (Å²) in [6.07, 6.45) is 1.35. The summed E-state index contributed by atoms with van der Waals surface area (Å²) in [6.45, 7) is 5.17. The van der Waals surface area contributed by atoms with E-state index in [0.717, 1.165) is 11.3 Å². The van der Waals surface area contributed by atoms with E-state index < -0.39 is 17.7 Å². The fraction of sp³-hybridized carbons (Fsp3) is 0.130. The number of thiophene rings is 1. The third-order valence-corrected chi connectivity index (χ3v) is 6.91. The standard InChI is InChI=1S/C23H16Cl2FN3O3S/c1-10-11(2)21(28-12(3)19(10)32-23(31)16-7-4-13(24)9-27-16)29-22(30)20-18(25)15-6-5-14(26)8-17(15)33-20/h4-9H,1-3H3,(H,28,29,30). The van der Waals surface area contributed by atoms with E-state index in [0.29, 0.717) is 37.7 Å². The van der Waals surface area contributed by atoms with Crippen LogP contribution in [0.3, 0.4) is 0 Å². The maximum absolute atomic E-state index is 13.5. The van der Waals surface area contributed by atoms with Gasteiger partial charge in [0.25, 0.3) is 5.91 Å². The molecule has 10 heteroatoms. The maximum Gasteiger partial charge on any atom is 0.362 e. The molecule has 0 saturated carbocycles. The van der Waals surface area contributed by atoms with Crippen molar-refractivity contribution < 1.29 is 18.7 Å². The van der Waals surface area contributed by atoms with Crippen LogP contribution in [0.15, 0.2) is 36.5 Å². The summed E-state index contributed by atoms with van der Waals surface area (Å²) in [5.74, 6) is -0.942. The van der Waals surface area contributed by atoms with Gasteiger partial charge < -0.3 is 10.1 Å². The van der Waals surface area contributed by atoms with Crippen LogP contribution in [0.25, 0.3) is 10.1 Å². The quantitative estimate of drug-likeness (QED) is 0.320. The summed E-state index contributed by atoms with van der Waals surface area (Å²) >= 11 is 13.3. The number of aryl methyl sites for hydroxylation is 1. The molecule has 0 bridgehead atoms. The number of halogens is 3. The van der Waals surface area contributed by atoms with Crippen molar-refractivity contribution in [2.24, 2.45) is 0 Å². The molecular weight excluding hydrogens is 488 g/mol. The molecule has 0 unspecified atom stereocenters. The largest absolute Gasteiger partial charge is 0.420 e. The van der Waals surface area contributed by atoms with Crippen molar-refractivity contribution in [3.63, 3.8) is 0 Å². The number of hydrogen-bond acceptors (Lipinski definition) is 6. The van der Waals surface area contributed by atoms with Crippen LogP contribution < -0.4 is 10.1 Å². The van der Waals surface area contributed by atoms with Gasteiger partial charge in [-0.2, -0.15) is 0 Å². The first-order valence-electron chi connectivity index (χ1n) is 9.66. The van der Waals surface area contributed by atoms with Gasteiger partial charge in [-0.3, -0.25) is 4.79 Å². The number of nitrogens with one attached hydrogen (secondary N) is 1. The highest BCUT2D eigenvalue weighted by Gasteiger charge is 2.22. The van der Waals surface area contributed by atoms with Gasteiger partial charge >= 0.3 is 5.97 Å². The zero-order valence-corrected chi connectivity index (χ0v) is 20.0. The molecule has 4 rings (SSSR count). The average molecular weight is 504 g/mol. The predicted molar refractivity (Wildman–Crippen MR) is 127 cm³/mol. The van der Waals surface area contributed by atoms with E-state index in [4.69, 9.17) is 27.9 Å². The molecule has 168 valence electrons. The van der Waals surface area contributed by atoms with E-state index in [-0.39, 0.29) is 21.3 Å². The molecule has 0 aliphatic heterocycles.